The van der Waals surface area contributed by atoms with Crippen LogP contribution in [-0.4, -0.2) is 54.9 Å². The summed E-state index contributed by atoms with van der Waals surface area (Å²) < 4.78 is 24.0. The summed E-state index contributed by atoms with van der Waals surface area (Å²) in [5.74, 6) is -1.11. The average molecular weight is 203 g/mol. The van der Waals surface area contributed by atoms with E-state index in [1.54, 1.807) is 0 Å². The van der Waals surface area contributed by atoms with E-state index in [2.05, 4.69) is 0 Å². The van der Waals surface area contributed by atoms with Crippen LogP contribution in [0.1, 0.15) is 0 Å². The molecule has 0 aliphatic carbocycles. The summed E-state index contributed by atoms with van der Waals surface area (Å²) in [6, 6.07) is 1.98. The molecule has 0 aromatic carbocycles. The predicted molar refractivity (Wildman–Crippen MR) is 44.6 cm³/mol. The smallest absolute Gasteiger partial charge is 0.315 e. The summed E-state index contributed by atoms with van der Waals surface area (Å²) in [6.45, 7) is 1.84. The number of nitrogens with zero attached hydrogens (tertiary/aromatic N) is 3. The maximum atomic E-state index is 12.0. The fraction of sp³-hybridized carbons (Fsp3) is 0.750. The molecule has 4 nitrogen and oxygen atoms in total. The zero-order valence-corrected chi connectivity index (χ0v) is 7.62. The molecular formula is C8H11F2N3O. The second-order valence-electron chi connectivity index (χ2n) is 3.06. The van der Waals surface area contributed by atoms with Gasteiger partial charge in [0, 0.05) is 26.2 Å². The lowest BCUT2D eigenvalue weighted by atomic mass is 10.3. The number of carbonyl (C=O) groups is 1. The van der Waals surface area contributed by atoms with Crippen LogP contribution < -0.4 is 0 Å². The van der Waals surface area contributed by atoms with Gasteiger partial charge < -0.3 is 4.90 Å². The van der Waals surface area contributed by atoms with E-state index in [-0.39, 0.29) is 19.6 Å². The Bertz CT molecular complexity index is 243. The first-order valence-electron chi connectivity index (χ1n) is 4.31. The third-order valence-electron chi connectivity index (χ3n) is 2.16. The van der Waals surface area contributed by atoms with E-state index >= 15 is 0 Å². The van der Waals surface area contributed by atoms with Gasteiger partial charge in [-0.1, -0.05) is 0 Å². The molecule has 1 aliphatic rings. The summed E-state index contributed by atoms with van der Waals surface area (Å²) in [5, 5.41) is 8.39. The van der Waals surface area contributed by atoms with Crippen LogP contribution in [-0.2, 0) is 4.79 Å². The van der Waals surface area contributed by atoms with Crippen molar-refractivity contribution in [2.75, 3.05) is 32.7 Å². The van der Waals surface area contributed by atoms with Crippen LogP contribution >= 0.6 is 0 Å². The Kier molecular flexibility index (Phi) is 3.77. The maximum Gasteiger partial charge on any atom is 0.315 e. The van der Waals surface area contributed by atoms with Crippen molar-refractivity contribution in [2.24, 2.45) is 0 Å². The number of hydrogen-bond acceptors (Lipinski definition) is 3. The van der Waals surface area contributed by atoms with E-state index < -0.39 is 12.3 Å². The first kappa shape index (κ1) is 10.9. The van der Waals surface area contributed by atoms with Crippen LogP contribution in [0.3, 0.4) is 0 Å². The normalized spacial score (nSPS) is 18.3. The van der Waals surface area contributed by atoms with E-state index in [1.807, 2.05) is 11.0 Å². The van der Waals surface area contributed by atoms with Crippen molar-refractivity contribution in [3.8, 4) is 6.07 Å². The number of piperazine rings is 1. The minimum atomic E-state index is -2.92. The van der Waals surface area contributed by atoms with Gasteiger partial charge in [-0.25, -0.2) is 0 Å². The van der Waals surface area contributed by atoms with Crippen molar-refractivity contribution >= 4 is 5.91 Å². The van der Waals surface area contributed by atoms with E-state index in [9.17, 15) is 13.6 Å². The minimum Gasteiger partial charge on any atom is -0.335 e. The molecule has 14 heavy (non-hydrogen) atoms. The monoisotopic (exact) mass is 203 g/mol. The minimum absolute atomic E-state index is 0.283. The lowest BCUT2D eigenvalue weighted by Gasteiger charge is -2.33. The van der Waals surface area contributed by atoms with Crippen molar-refractivity contribution < 1.29 is 13.6 Å². The molecule has 6 heteroatoms. The van der Waals surface area contributed by atoms with Crippen molar-refractivity contribution in [3.05, 3.63) is 0 Å². The molecule has 0 atom stereocenters. The van der Waals surface area contributed by atoms with Crippen LogP contribution in [0, 0.1) is 11.3 Å². The molecule has 0 bridgehead atoms. The summed E-state index contributed by atoms with van der Waals surface area (Å²) in [7, 11) is 0. The van der Waals surface area contributed by atoms with Crippen molar-refractivity contribution in [1.82, 2.24) is 9.80 Å². The van der Waals surface area contributed by atoms with Crippen molar-refractivity contribution in [1.29, 1.82) is 5.26 Å². The van der Waals surface area contributed by atoms with Crippen LogP contribution in [0.15, 0.2) is 0 Å². The molecule has 1 aliphatic heterocycles. The van der Waals surface area contributed by atoms with Crippen LogP contribution in [0.25, 0.3) is 0 Å². The average Bonchev–Trinajstić information content (AvgIpc) is 2.18. The third kappa shape index (κ3) is 2.64. The number of alkyl halides is 2. The highest BCUT2D eigenvalue weighted by molar-refractivity contribution is 5.79. The molecule has 1 rings (SSSR count). The number of nitriles is 1. The standard InChI is InChI=1S/C8H11F2N3O/c9-7(10)8(14)13-5-3-12(2-1-11)4-6-13/h7H,2-6H2. The number of amides is 1. The quantitative estimate of drug-likeness (QED) is 0.590. The van der Waals surface area contributed by atoms with E-state index in [1.165, 1.54) is 0 Å². The zero-order valence-electron chi connectivity index (χ0n) is 7.62. The Labute approximate surface area is 80.7 Å². The van der Waals surface area contributed by atoms with E-state index in [4.69, 9.17) is 5.26 Å². The molecule has 0 aromatic rings. The molecule has 1 fully saturated rings. The lowest BCUT2D eigenvalue weighted by molar-refractivity contribution is -0.144. The van der Waals surface area contributed by atoms with Crippen molar-refractivity contribution in [3.63, 3.8) is 0 Å². The van der Waals surface area contributed by atoms with Crippen LogP contribution in [0.5, 0.6) is 0 Å². The molecule has 0 spiro atoms. The summed E-state index contributed by atoms with van der Waals surface area (Å²) in [6.07, 6.45) is -2.92. The molecule has 0 N–H and O–H groups in total. The Hall–Kier alpha value is -1.22. The molecule has 1 saturated heterocycles. The highest BCUT2D eigenvalue weighted by Gasteiger charge is 2.26. The number of hydrogen-bond donors (Lipinski definition) is 0. The summed E-state index contributed by atoms with van der Waals surface area (Å²) in [5.41, 5.74) is 0. The van der Waals surface area contributed by atoms with E-state index in [0.29, 0.717) is 13.1 Å². The van der Waals surface area contributed by atoms with Gasteiger partial charge in [0.1, 0.15) is 0 Å². The number of carbonyl (C=O) groups excluding carboxylic acids is 1. The van der Waals surface area contributed by atoms with Crippen molar-refractivity contribution in [2.45, 2.75) is 6.43 Å². The molecule has 0 aromatic heterocycles. The summed E-state index contributed by atoms with van der Waals surface area (Å²) >= 11 is 0. The van der Waals surface area contributed by atoms with Crippen LogP contribution in [0.4, 0.5) is 8.78 Å². The highest BCUT2D eigenvalue weighted by atomic mass is 19.3. The molecule has 1 amide bonds. The molecule has 1 heterocycles. The van der Waals surface area contributed by atoms with E-state index in [0.717, 1.165) is 4.90 Å². The Morgan fingerprint density at radius 1 is 1.36 bits per heavy atom. The highest BCUT2D eigenvalue weighted by Crippen LogP contribution is 2.05. The van der Waals surface area contributed by atoms with Crippen LogP contribution in [0.2, 0.25) is 0 Å². The third-order valence-corrected chi connectivity index (χ3v) is 2.16. The predicted octanol–water partition coefficient (Wildman–Crippen LogP) is -0.0807. The second kappa shape index (κ2) is 4.86. The fourth-order valence-electron chi connectivity index (χ4n) is 1.36. The van der Waals surface area contributed by atoms with Gasteiger partial charge in [-0.3, -0.25) is 9.69 Å². The fourth-order valence-corrected chi connectivity index (χ4v) is 1.36. The Balaban J connectivity index is 2.36. The van der Waals surface area contributed by atoms with Gasteiger partial charge in [0.15, 0.2) is 0 Å². The first-order valence-corrected chi connectivity index (χ1v) is 4.31. The van der Waals surface area contributed by atoms with Gasteiger partial charge in [0.25, 0.3) is 5.91 Å². The zero-order chi connectivity index (χ0) is 10.6. The summed E-state index contributed by atoms with van der Waals surface area (Å²) in [4.78, 5) is 13.8. The first-order chi connectivity index (χ1) is 6.65. The SMILES string of the molecule is N#CCN1CCN(C(=O)C(F)F)CC1. The Morgan fingerprint density at radius 2 is 1.93 bits per heavy atom. The maximum absolute atomic E-state index is 12.0. The molecule has 0 radical (unpaired) electrons. The molecule has 0 unspecified atom stereocenters. The largest absolute Gasteiger partial charge is 0.335 e. The second-order valence-corrected chi connectivity index (χ2v) is 3.06. The molecule has 78 valence electrons. The topological polar surface area (TPSA) is 47.3 Å². The van der Waals surface area contributed by atoms with Gasteiger partial charge in [-0.05, 0) is 0 Å². The van der Waals surface area contributed by atoms with Gasteiger partial charge in [0.2, 0.25) is 0 Å². The van der Waals surface area contributed by atoms with Gasteiger partial charge in [-0.15, -0.1) is 0 Å². The molecular weight excluding hydrogens is 192 g/mol. The molecule has 0 saturated carbocycles. The van der Waals surface area contributed by atoms with Gasteiger partial charge >= 0.3 is 6.43 Å². The lowest BCUT2D eigenvalue weighted by Crippen LogP contribution is -2.50. The Morgan fingerprint density at radius 3 is 2.36 bits per heavy atom. The number of rotatable bonds is 2. The number of halogens is 2. The van der Waals surface area contributed by atoms with Gasteiger partial charge in [0.05, 0.1) is 12.6 Å². The van der Waals surface area contributed by atoms with Gasteiger partial charge in [-0.2, -0.15) is 14.0 Å².